The molecule has 0 heterocycles. The van der Waals surface area contributed by atoms with E-state index in [9.17, 15) is 14.4 Å². The van der Waals surface area contributed by atoms with E-state index in [2.05, 4.69) is 32.7 Å². The van der Waals surface area contributed by atoms with Crippen LogP contribution in [0.2, 0.25) is 0 Å². The molecule has 1 N–H and O–H groups in total. The molecule has 7 nitrogen and oxygen atoms in total. The van der Waals surface area contributed by atoms with Crippen LogP contribution in [0.15, 0.2) is 54.6 Å². The fraction of sp³-hybridized carbons (Fsp3) is 0.464. The minimum atomic E-state index is -0.544. The van der Waals surface area contributed by atoms with Gasteiger partial charge in [0.25, 0.3) is 0 Å². The molecule has 190 valence electrons. The van der Waals surface area contributed by atoms with Gasteiger partial charge in [-0.25, -0.2) is 9.59 Å². The highest BCUT2D eigenvalue weighted by Crippen LogP contribution is 2.31. The number of carbonyl (C=O) groups is 3. The van der Waals surface area contributed by atoms with Crippen LogP contribution in [0, 0.1) is 11.3 Å². The predicted molar refractivity (Wildman–Crippen MR) is 136 cm³/mol. The van der Waals surface area contributed by atoms with Crippen molar-refractivity contribution < 1.29 is 28.6 Å². The SMILES string of the molecule is C=C(C)C(=O)OCCOC(=O)NCC(C)CC(C)(C)CCCC(=O)Oc1ccc2ccccc2c1. The molecule has 35 heavy (non-hydrogen) atoms. The third kappa shape index (κ3) is 10.6. The van der Waals surface area contributed by atoms with E-state index < -0.39 is 12.1 Å². The number of hydrogen-bond acceptors (Lipinski definition) is 6. The summed E-state index contributed by atoms with van der Waals surface area (Å²) in [6.07, 6.45) is 2.28. The minimum absolute atomic E-state index is 0.00494. The smallest absolute Gasteiger partial charge is 0.407 e. The number of rotatable bonds is 13. The van der Waals surface area contributed by atoms with Gasteiger partial charge in [0.2, 0.25) is 0 Å². The number of ether oxygens (including phenoxy) is 3. The monoisotopic (exact) mass is 483 g/mol. The van der Waals surface area contributed by atoms with Crippen LogP contribution in [0.3, 0.4) is 0 Å². The second-order valence-corrected chi connectivity index (χ2v) is 9.74. The average molecular weight is 484 g/mol. The lowest BCUT2D eigenvalue weighted by Crippen LogP contribution is -2.31. The molecule has 0 aliphatic heterocycles. The highest BCUT2D eigenvalue weighted by Gasteiger charge is 2.22. The Morgan fingerprint density at radius 2 is 1.71 bits per heavy atom. The lowest BCUT2D eigenvalue weighted by atomic mass is 9.79. The van der Waals surface area contributed by atoms with E-state index in [1.807, 2.05) is 42.5 Å². The summed E-state index contributed by atoms with van der Waals surface area (Å²) in [5.41, 5.74) is 0.304. The summed E-state index contributed by atoms with van der Waals surface area (Å²) < 4.78 is 15.4. The van der Waals surface area contributed by atoms with Crippen LogP contribution in [-0.4, -0.2) is 37.8 Å². The molecule has 0 spiro atoms. The third-order valence-corrected chi connectivity index (χ3v) is 5.58. The predicted octanol–water partition coefficient (Wildman–Crippen LogP) is 5.81. The Balaban J connectivity index is 1.63. The van der Waals surface area contributed by atoms with Gasteiger partial charge in [0.05, 0.1) is 0 Å². The number of nitrogens with one attached hydrogen (secondary N) is 1. The summed E-state index contributed by atoms with van der Waals surface area (Å²) in [5, 5.41) is 4.88. The van der Waals surface area contributed by atoms with Crippen LogP contribution in [0.1, 0.15) is 53.4 Å². The zero-order chi connectivity index (χ0) is 25.8. The maximum absolute atomic E-state index is 12.3. The topological polar surface area (TPSA) is 90.9 Å². The molecule has 1 unspecified atom stereocenters. The van der Waals surface area contributed by atoms with Gasteiger partial charge >= 0.3 is 18.0 Å². The normalized spacial score (nSPS) is 12.0. The van der Waals surface area contributed by atoms with Gasteiger partial charge in [0.15, 0.2) is 0 Å². The second kappa shape index (κ2) is 13.5. The number of alkyl carbamates (subject to hydrolysis) is 1. The zero-order valence-electron chi connectivity index (χ0n) is 21.2. The van der Waals surface area contributed by atoms with E-state index in [0.29, 0.717) is 24.3 Å². The van der Waals surface area contributed by atoms with E-state index in [0.717, 1.165) is 30.0 Å². The van der Waals surface area contributed by atoms with Gasteiger partial charge in [-0.1, -0.05) is 57.7 Å². The first kappa shape index (κ1) is 27.9. The van der Waals surface area contributed by atoms with Crippen LogP contribution < -0.4 is 10.1 Å². The molecular formula is C28H37NO6. The molecule has 1 atom stereocenters. The van der Waals surface area contributed by atoms with Crippen LogP contribution >= 0.6 is 0 Å². The number of esters is 2. The van der Waals surface area contributed by atoms with Gasteiger partial charge in [0.1, 0.15) is 19.0 Å². The van der Waals surface area contributed by atoms with Crippen molar-refractivity contribution in [1.82, 2.24) is 5.32 Å². The molecule has 2 rings (SSSR count). The first-order valence-corrected chi connectivity index (χ1v) is 12.0. The highest BCUT2D eigenvalue weighted by molar-refractivity contribution is 5.87. The van der Waals surface area contributed by atoms with Gasteiger partial charge in [-0.2, -0.15) is 0 Å². The number of hydrogen-bond donors (Lipinski definition) is 1. The summed E-state index contributed by atoms with van der Waals surface area (Å²) in [6.45, 7) is 11.9. The Morgan fingerprint density at radius 3 is 2.43 bits per heavy atom. The van der Waals surface area contributed by atoms with Gasteiger partial charge in [0, 0.05) is 18.5 Å². The van der Waals surface area contributed by atoms with Crippen molar-refractivity contribution >= 4 is 28.8 Å². The van der Waals surface area contributed by atoms with Crippen molar-refractivity contribution in [3.63, 3.8) is 0 Å². The Morgan fingerprint density at radius 1 is 1.03 bits per heavy atom. The van der Waals surface area contributed by atoms with E-state index in [-0.39, 0.29) is 30.5 Å². The molecule has 0 saturated heterocycles. The molecule has 0 saturated carbocycles. The number of fused-ring (bicyclic) bond motifs is 1. The van der Waals surface area contributed by atoms with Crippen LogP contribution in [0.25, 0.3) is 10.8 Å². The number of benzene rings is 2. The molecule has 0 aliphatic rings. The van der Waals surface area contributed by atoms with Crippen LogP contribution in [0.4, 0.5) is 4.79 Å². The summed E-state index contributed by atoms with van der Waals surface area (Å²) in [4.78, 5) is 35.4. The van der Waals surface area contributed by atoms with Gasteiger partial charge in [-0.3, -0.25) is 4.79 Å². The Bertz CT molecular complexity index is 1030. The molecule has 7 heteroatoms. The van der Waals surface area contributed by atoms with Crippen molar-refractivity contribution in [3.05, 3.63) is 54.6 Å². The molecular weight excluding hydrogens is 446 g/mol. The second-order valence-electron chi connectivity index (χ2n) is 9.74. The molecule has 0 fully saturated rings. The molecule has 0 aromatic heterocycles. The molecule has 2 aromatic rings. The summed E-state index contributed by atoms with van der Waals surface area (Å²) >= 11 is 0. The van der Waals surface area contributed by atoms with E-state index in [1.54, 1.807) is 6.92 Å². The highest BCUT2D eigenvalue weighted by atomic mass is 16.6. The molecule has 0 aliphatic carbocycles. The fourth-order valence-corrected chi connectivity index (χ4v) is 3.94. The standard InChI is InChI=1S/C28H37NO6/c1-20(2)26(31)33-15-16-34-27(32)29-19-21(3)18-28(4,5)14-8-11-25(30)35-24-13-12-22-9-6-7-10-23(22)17-24/h6-7,9-10,12-13,17,21H,1,8,11,14-16,18-19H2,2-5H3,(H,29,32). The Hall–Kier alpha value is -3.35. The molecule has 1 amide bonds. The third-order valence-electron chi connectivity index (χ3n) is 5.58. The average Bonchev–Trinajstić information content (AvgIpc) is 2.79. The molecule has 0 radical (unpaired) electrons. The van der Waals surface area contributed by atoms with Crippen molar-refractivity contribution in [1.29, 1.82) is 0 Å². The maximum atomic E-state index is 12.3. The maximum Gasteiger partial charge on any atom is 0.407 e. The minimum Gasteiger partial charge on any atom is -0.459 e. The lowest BCUT2D eigenvalue weighted by molar-refractivity contribution is -0.140. The fourth-order valence-electron chi connectivity index (χ4n) is 3.94. The first-order valence-electron chi connectivity index (χ1n) is 12.0. The zero-order valence-corrected chi connectivity index (χ0v) is 21.2. The van der Waals surface area contributed by atoms with E-state index >= 15 is 0 Å². The van der Waals surface area contributed by atoms with Crippen LogP contribution in [-0.2, 0) is 19.1 Å². The summed E-state index contributed by atoms with van der Waals surface area (Å²) in [5.74, 6) is 0.0474. The molecule has 0 bridgehead atoms. The van der Waals surface area contributed by atoms with Crippen molar-refractivity contribution in [3.8, 4) is 5.75 Å². The lowest BCUT2D eigenvalue weighted by Gasteiger charge is -2.28. The van der Waals surface area contributed by atoms with E-state index in [4.69, 9.17) is 14.2 Å². The Kier molecular flexibility index (Phi) is 10.8. The van der Waals surface area contributed by atoms with Gasteiger partial charge in [-0.15, -0.1) is 0 Å². The van der Waals surface area contributed by atoms with Crippen molar-refractivity contribution in [2.45, 2.75) is 53.4 Å². The summed E-state index contributed by atoms with van der Waals surface area (Å²) in [6, 6.07) is 13.6. The van der Waals surface area contributed by atoms with Crippen LogP contribution in [0.5, 0.6) is 5.75 Å². The summed E-state index contributed by atoms with van der Waals surface area (Å²) in [7, 11) is 0. The Labute approximate surface area is 207 Å². The number of carbonyl (C=O) groups excluding carboxylic acids is 3. The van der Waals surface area contributed by atoms with Gasteiger partial charge in [-0.05, 0) is 60.4 Å². The molecule has 2 aromatic carbocycles. The van der Waals surface area contributed by atoms with E-state index in [1.165, 1.54) is 0 Å². The first-order chi connectivity index (χ1) is 16.6. The van der Waals surface area contributed by atoms with Crippen molar-refractivity contribution in [2.75, 3.05) is 19.8 Å². The largest absolute Gasteiger partial charge is 0.459 e. The van der Waals surface area contributed by atoms with Crippen molar-refractivity contribution in [2.24, 2.45) is 11.3 Å². The quantitative estimate of drug-likeness (QED) is 0.167. The van der Waals surface area contributed by atoms with Gasteiger partial charge < -0.3 is 19.5 Å². The number of amides is 1.